The standard InChI is InChI=1S/C10H9BrO2S/c1-6-4-7(5-14-6)10(12)8-2-3-9(11)13-8/h2-5,10,12H,1H3. The smallest absolute Gasteiger partial charge is 0.169 e. The minimum Gasteiger partial charge on any atom is -0.451 e. The molecule has 0 saturated carbocycles. The lowest BCUT2D eigenvalue weighted by atomic mass is 10.1. The van der Waals surface area contributed by atoms with Gasteiger partial charge in [-0.1, -0.05) is 0 Å². The number of hydrogen-bond acceptors (Lipinski definition) is 3. The lowest BCUT2D eigenvalue weighted by Gasteiger charge is -2.03. The number of furan rings is 1. The Balaban J connectivity index is 2.28. The van der Waals surface area contributed by atoms with Gasteiger partial charge in [0.25, 0.3) is 0 Å². The summed E-state index contributed by atoms with van der Waals surface area (Å²) in [6.45, 7) is 2.01. The third kappa shape index (κ3) is 1.92. The molecule has 0 radical (unpaired) electrons. The van der Waals surface area contributed by atoms with Crippen LogP contribution in [0.2, 0.25) is 0 Å². The first-order valence-corrected chi connectivity index (χ1v) is 5.82. The first-order chi connectivity index (χ1) is 6.66. The van der Waals surface area contributed by atoms with Crippen LogP contribution in [0.15, 0.2) is 32.7 Å². The van der Waals surface area contributed by atoms with E-state index in [1.165, 1.54) is 4.88 Å². The van der Waals surface area contributed by atoms with Gasteiger partial charge in [0.1, 0.15) is 11.9 Å². The van der Waals surface area contributed by atoms with Gasteiger partial charge in [-0.3, -0.25) is 0 Å². The molecule has 1 atom stereocenters. The zero-order valence-electron chi connectivity index (χ0n) is 7.53. The molecule has 0 fully saturated rings. The fraction of sp³-hybridized carbons (Fsp3) is 0.200. The Morgan fingerprint density at radius 1 is 1.50 bits per heavy atom. The van der Waals surface area contributed by atoms with Crippen LogP contribution in [0, 0.1) is 6.92 Å². The minimum absolute atomic E-state index is 0.565. The van der Waals surface area contributed by atoms with Crippen molar-refractivity contribution in [3.05, 3.63) is 44.4 Å². The molecule has 2 aromatic heterocycles. The fourth-order valence-corrected chi connectivity index (χ4v) is 2.29. The zero-order valence-corrected chi connectivity index (χ0v) is 9.93. The van der Waals surface area contributed by atoms with Crippen LogP contribution in [-0.2, 0) is 0 Å². The molecule has 2 heterocycles. The molecule has 2 aromatic rings. The monoisotopic (exact) mass is 272 g/mol. The van der Waals surface area contributed by atoms with E-state index in [0.717, 1.165) is 5.56 Å². The van der Waals surface area contributed by atoms with E-state index in [9.17, 15) is 5.11 Å². The minimum atomic E-state index is -0.661. The van der Waals surface area contributed by atoms with Crippen molar-refractivity contribution in [1.82, 2.24) is 0 Å². The Morgan fingerprint density at radius 2 is 2.29 bits per heavy atom. The Kier molecular flexibility index (Phi) is 2.76. The van der Waals surface area contributed by atoms with E-state index in [1.807, 2.05) is 18.4 Å². The molecule has 0 aromatic carbocycles. The first-order valence-electron chi connectivity index (χ1n) is 4.15. The lowest BCUT2D eigenvalue weighted by molar-refractivity contribution is 0.188. The molecule has 0 spiro atoms. The highest BCUT2D eigenvalue weighted by molar-refractivity contribution is 9.10. The quantitative estimate of drug-likeness (QED) is 0.908. The number of hydrogen-bond donors (Lipinski definition) is 1. The predicted octanol–water partition coefficient (Wildman–Crippen LogP) is 3.49. The normalized spacial score (nSPS) is 13.1. The highest BCUT2D eigenvalue weighted by Crippen LogP contribution is 2.28. The summed E-state index contributed by atoms with van der Waals surface area (Å²) in [5, 5.41) is 11.9. The molecule has 0 aliphatic rings. The summed E-state index contributed by atoms with van der Waals surface area (Å²) < 4.78 is 5.92. The summed E-state index contributed by atoms with van der Waals surface area (Å²) >= 11 is 4.82. The van der Waals surface area contributed by atoms with Gasteiger partial charge in [-0.05, 0) is 52.0 Å². The molecule has 14 heavy (non-hydrogen) atoms. The second-order valence-electron chi connectivity index (χ2n) is 3.04. The van der Waals surface area contributed by atoms with Gasteiger partial charge in [0.2, 0.25) is 0 Å². The van der Waals surface area contributed by atoms with Crippen LogP contribution < -0.4 is 0 Å². The van der Waals surface area contributed by atoms with E-state index < -0.39 is 6.10 Å². The van der Waals surface area contributed by atoms with Crippen molar-refractivity contribution in [2.45, 2.75) is 13.0 Å². The summed E-state index contributed by atoms with van der Waals surface area (Å²) in [5.41, 5.74) is 0.884. The van der Waals surface area contributed by atoms with Crippen LogP contribution in [0.5, 0.6) is 0 Å². The average Bonchev–Trinajstić information content (AvgIpc) is 2.73. The average molecular weight is 273 g/mol. The molecular weight excluding hydrogens is 264 g/mol. The second kappa shape index (κ2) is 3.88. The molecule has 0 bridgehead atoms. The predicted molar refractivity (Wildman–Crippen MR) is 59.5 cm³/mol. The van der Waals surface area contributed by atoms with Crippen molar-refractivity contribution in [1.29, 1.82) is 0 Å². The van der Waals surface area contributed by atoms with Crippen molar-refractivity contribution in [2.75, 3.05) is 0 Å². The molecule has 4 heteroatoms. The van der Waals surface area contributed by atoms with Gasteiger partial charge in [0.15, 0.2) is 4.67 Å². The maximum absolute atomic E-state index is 9.91. The molecule has 0 saturated heterocycles. The number of aliphatic hydroxyl groups is 1. The van der Waals surface area contributed by atoms with E-state index in [0.29, 0.717) is 10.4 Å². The van der Waals surface area contributed by atoms with Gasteiger partial charge in [-0.15, -0.1) is 11.3 Å². The SMILES string of the molecule is Cc1cc(C(O)c2ccc(Br)o2)cs1. The molecule has 1 unspecified atom stereocenters. The van der Waals surface area contributed by atoms with Gasteiger partial charge >= 0.3 is 0 Å². The van der Waals surface area contributed by atoms with E-state index in [1.54, 1.807) is 23.5 Å². The van der Waals surface area contributed by atoms with Crippen LogP contribution in [-0.4, -0.2) is 5.11 Å². The summed E-state index contributed by atoms with van der Waals surface area (Å²) in [5.74, 6) is 0.565. The Morgan fingerprint density at radius 3 is 2.79 bits per heavy atom. The van der Waals surface area contributed by atoms with Crippen molar-refractivity contribution >= 4 is 27.3 Å². The number of rotatable bonds is 2. The molecular formula is C10H9BrO2S. The lowest BCUT2D eigenvalue weighted by Crippen LogP contribution is -1.95. The maximum Gasteiger partial charge on any atom is 0.169 e. The third-order valence-corrected chi connectivity index (χ3v) is 3.24. The van der Waals surface area contributed by atoms with Crippen LogP contribution in [0.4, 0.5) is 0 Å². The summed E-state index contributed by atoms with van der Waals surface area (Å²) in [7, 11) is 0. The van der Waals surface area contributed by atoms with Crippen molar-refractivity contribution in [2.24, 2.45) is 0 Å². The van der Waals surface area contributed by atoms with Gasteiger partial charge < -0.3 is 9.52 Å². The second-order valence-corrected chi connectivity index (χ2v) is 4.93. The number of aliphatic hydroxyl groups excluding tert-OH is 1. The summed E-state index contributed by atoms with van der Waals surface area (Å²) in [4.78, 5) is 1.18. The molecule has 0 aliphatic carbocycles. The number of thiophene rings is 1. The van der Waals surface area contributed by atoms with E-state index in [-0.39, 0.29) is 0 Å². The Labute approximate surface area is 94.3 Å². The fourth-order valence-electron chi connectivity index (χ4n) is 1.25. The van der Waals surface area contributed by atoms with Gasteiger partial charge in [0, 0.05) is 4.88 Å². The summed E-state index contributed by atoms with van der Waals surface area (Å²) in [6.07, 6.45) is -0.661. The van der Waals surface area contributed by atoms with Gasteiger partial charge in [-0.25, -0.2) is 0 Å². The first kappa shape index (κ1) is 9.96. The summed E-state index contributed by atoms with van der Waals surface area (Å²) in [6, 6.07) is 5.51. The van der Waals surface area contributed by atoms with Crippen molar-refractivity contribution < 1.29 is 9.52 Å². The third-order valence-electron chi connectivity index (χ3n) is 1.93. The highest BCUT2D eigenvalue weighted by atomic mass is 79.9. The van der Waals surface area contributed by atoms with Crippen LogP contribution >= 0.6 is 27.3 Å². The largest absolute Gasteiger partial charge is 0.451 e. The highest BCUT2D eigenvalue weighted by Gasteiger charge is 2.15. The van der Waals surface area contributed by atoms with E-state index in [4.69, 9.17) is 4.42 Å². The number of aryl methyl sites for hydroxylation is 1. The van der Waals surface area contributed by atoms with E-state index >= 15 is 0 Å². The maximum atomic E-state index is 9.91. The Hall–Kier alpha value is -0.580. The molecule has 74 valence electrons. The van der Waals surface area contributed by atoms with Crippen molar-refractivity contribution in [3.63, 3.8) is 0 Å². The topological polar surface area (TPSA) is 33.4 Å². The zero-order chi connectivity index (χ0) is 10.1. The van der Waals surface area contributed by atoms with E-state index in [2.05, 4.69) is 15.9 Å². The van der Waals surface area contributed by atoms with Gasteiger partial charge in [-0.2, -0.15) is 0 Å². The van der Waals surface area contributed by atoms with Gasteiger partial charge in [0.05, 0.1) is 0 Å². The molecule has 0 amide bonds. The molecule has 1 N–H and O–H groups in total. The molecule has 2 nitrogen and oxygen atoms in total. The molecule has 2 rings (SSSR count). The van der Waals surface area contributed by atoms with Crippen LogP contribution in [0.3, 0.4) is 0 Å². The van der Waals surface area contributed by atoms with Crippen LogP contribution in [0.25, 0.3) is 0 Å². The van der Waals surface area contributed by atoms with Crippen molar-refractivity contribution in [3.8, 4) is 0 Å². The molecule has 0 aliphatic heterocycles. The number of halogens is 1. The van der Waals surface area contributed by atoms with Crippen LogP contribution in [0.1, 0.15) is 22.3 Å². The Bertz CT molecular complexity index is 393.